The molecular weight excluding hydrogens is 168 g/mol. The first-order chi connectivity index (χ1) is 5.83. The van der Waals surface area contributed by atoms with Crippen molar-refractivity contribution in [1.29, 1.82) is 0 Å². The van der Waals surface area contributed by atoms with Crippen molar-refractivity contribution in [3.63, 3.8) is 0 Å². The van der Waals surface area contributed by atoms with Gasteiger partial charge >= 0.3 is 0 Å². The van der Waals surface area contributed by atoms with Gasteiger partial charge < -0.3 is 10.2 Å². The predicted octanol–water partition coefficient (Wildman–Crippen LogP) is 1.03. The van der Waals surface area contributed by atoms with Crippen molar-refractivity contribution < 1.29 is 0 Å². The fraction of sp³-hybridized carbons (Fsp3) is 1.00. The normalized spacial score (nSPS) is 26.0. The van der Waals surface area contributed by atoms with Crippen LogP contribution in [0.4, 0.5) is 0 Å². The zero-order valence-electron chi connectivity index (χ0n) is 8.18. The molecule has 0 aromatic heterocycles. The average molecular weight is 188 g/mol. The van der Waals surface area contributed by atoms with Crippen LogP contribution in [0.3, 0.4) is 0 Å². The third kappa shape index (κ3) is 3.78. The Kier molecular flexibility index (Phi) is 5.04. The topological polar surface area (TPSA) is 15.3 Å². The maximum Gasteiger partial charge on any atom is 0.0167 e. The largest absolute Gasteiger partial charge is 0.312 e. The summed E-state index contributed by atoms with van der Waals surface area (Å²) in [5.41, 5.74) is 0. The third-order valence-electron chi connectivity index (χ3n) is 2.28. The Bertz CT molecular complexity index is 119. The maximum atomic E-state index is 3.46. The smallest absolute Gasteiger partial charge is 0.0167 e. The van der Waals surface area contributed by atoms with E-state index in [0.717, 1.165) is 0 Å². The van der Waals surface area contributed by atoms with Gasteiger partial charge in [0.15, 0.2) is 0 Å². The standard InChI is InChI=1S/C9H20N2S/c1-9-8-11(6-4-10-9)5-3-7-12-2/h9-10H,3-8H2,1-2H3. The van der Waals surface area contributed by atoms with Crippen molar-refractivity contribution in [2.45, 2.75) is 19.4 Å². The molecule has 0 aliphatic carbocycles. The van der Waals surface area contributed by atoms with Gasteiger partial charge in [0.25, 0.3) is 0 Å². The highest BCUT2D eigenvalue weighted by molar-refractivity contribution is 7.98. The van der Waals surface area contributed by atoms with Crippen LogP contribution in [0, 0.1) is 0 Å². The van der Waals surface area contributed by atoms with Crippen LogP contribution < -0.4 is 5.32 Å². The summed E-state index contributed by atoms with van der Waals surface area (Å²) in [7, 11) is 0. The van der Waals surface area contributed by atoms with E-state index in [1.807, 2.05) is 11.8 Å². The van der Waals surface area contributed by atoms with Crippen LogP contribution in [0.1, 0.15) is 13.3 Å². The number of nitrogens with zero attached hydrogens (tertiary/aromatic N) is 1. The summed E-state index contributed by atoms with van der Waals surface area (Å²) in [6.07, 6.45) is 3.52. The molecule has 3 heteroatoms. The minimum absolute atomic E-state index is 0.688. The fourth-order valence-electron chi connectivity index (χ4n) is 1.65. The highest BCUT2D eigenvalue weighted by atomic mass is 32.2. The number of nitrogens with one attached hydrogen (secondary N) is 1. The lowest BCUT2D eigenvalue weighted by Gasteiger charge is -2.31. The summed E-state index contributed by atoms with van der Waals surface area (Å²) in [4.78, 5) is 2.57. The first kappa shape index (κ1) is 10.4. The monoisotopic (exact) mass is 188 g/mol. The SMILES string of the molecule is CSCCCN1CCNC(C)C1. The number of rotatable bonds is 4. The Hall–Kier alpha value is 0.270. The van der Waals surface area contributed by atoms with Gasteiger partial charge in [-0.15, -0.1) is 0 Å². The molecule has 0 amide bonds. The lowest BCUT2D eigenvalue weighted by molar-refractivity contribution is 0.208. The molecule has 1 heterocycles. The maximum absolute atomic E-state index is 3.46. The molecule has 1 saturated heterocycles. The molecule has 1 aliphatic rings. The molecule has 0 radical (unpaired) electrons. The summed E-state index contributed by atoms with van der Waals surface area (Å²) in [6, 6.07) is 0.688. The van der Waals surface area contributed by atoms with Gasteiger partial charge in [0.2, 0.25) is 0 Å². The molecule has 1 atom stereocenters. The van der Waals surface area contributed by atoms with Crippen molar-refractivity contribution in [2.24, 2.45) is 0 Å². The molecule has 1 N–H and O–H groups in total. The molecule has 1 rings (SSSR count). The van der Waals surface area contributed by atoms with Gasteiger partial charge in [-0.2, -0.15) is 11.8 Å². The van der Waals surface area contributed by atoms with E-state index in [1.54, 1.807) is 0 Å². The average Bonchev–Trinajstić information content (AvgIpc) is 2.05. The molecule has 1 unspecified atom stereocenters. The second-order valence-corrected chi connectivity index (χ2v) is 4.49. The van der Waals surface area contributed by atoms with E-state index in [4.69, 9.17) is 0 Å². The van der Waals surface area contributed by atoms with Gasteiger partial charge in [0.05, 0.1) is 0 Å². The molecule has 12 heavy (non-hydrogen) atoms. The summed E-state index contributed by atoms with van der Waals surface area (Å²) in [6.45, 7) is 7.18. The molecule has 0 bridgehead atoms. The Labute approximate surface area is 80.1 Å². The molecular formula is C9H20N2S. The number of hydrogen-bond donors (Lipinski definition) is 1. The predicted molar refractivity (Wildman–Crippen MR) is 56.9 cm³/mol. The number of thioether (sulfide) groups is 1. The number of piperazine rings is 1. The minimum Gasteiger partial charge on any atom is -0.312 e. The molecule has 0 aromatic carbocycles. The molecule has 0 spiro atoms. The summed E-state index contributed by atoms with van der Waals surface area (Å²) in [5.74, 6) is 1.30. The second kappa shape index (κ2) is 5.84. The van der Waals surface area contributed by atoms with Gasteiger partial charge in [-0.1, -0.05) is 0 Å². The molecule has 1 aliphatic heterocycles. The lowest BCUT2D eigenvalue weighted by atomic mass is 10.2. The van der Waals surface area contributed by atoms with Gasteiger partial charge in [0, 0.05) is 25.7 Å². The molecule has 1 fully saturated rings. The van der Waals surface area contributed by atoms with Gasteiger partial charge in [-0.25, -0.2) is 0 Å². The zero-order chi connectivity index (χ0) is 8.81. The number of hydrogen-bond acceptors (Lipinski definition) is 3. The van der Waals surface area contributed by atoms with E-state index in [0.29, 0.717) is 6.04 Å². The summed E-state index contributed by atoms with van der Waals surface area (Å²) in [5, 5.41) is 3.46. The van der Waals surface area contributed by atoms with Crippen LogP contribution in [-0.4, -0.2) is 49.1 Å². The van der Waals surface area contributed by atoms with E-state index >= 15 is 0 Å². The van der Waals surface area contributed by atoms with Gasteiger partial charge in [-0.3, -0.25) is 0 Å². The van der Waals surface area contributed by atoms with Crippen LogP contribution in [0.2, 0.25) is 0 Å². The summed E-state index contributed by atoms with van der Waals surface area (Å²) < 4.78 is 0. The van der Waals surface area contributed by atoms with E-state index in [-0.39, 0.29) is 0 Å². The Morgan fingerprint density at radius 2 is 2.42 bits per heavy atom. The van der Waals surface area contributed by atoms with Crippen LogP contribution >= 0.6 is 11.8 Å². The van der Waals surface area contributed by atoms with Gasteiger partial charge in [-0.05, 0) is 31.9 Å². The van der Waals surface area contributed by atoms with Crippen LogP contribution in [0.5, 0.6) is 0 Å². The Morgan fingerprint density at radius 1 is 1.58 bits per heavy atom. The third-order valence-corrected chi connectivity index (χ3v) is 2.97. The van der Waals surface area contributed by atoms with Crippen molar-refractivity contribution in [2.75, 3.05) is 38.2 Å². The molecule has 0 aromatic rings. The van der Waals surface area contributed by atoms with Crippen molar-refractivity contribution in [1.82, 2.24) is 10.2 Å². The molecule has 0 saturated carbocycles. The quantitative estimate of drug-likeness (QED) is 0.664. The first-order valence-electron chi connectivity index (χ1n) is 4.77. The van der Waals surface area contributed by atoms with Crippen molar-refractivity contribution in [3.05, 3.63) is 0 Å². The fourth-order valence-corrected chi connectivity index (χ4v) is 2.07. The van der Waals surface area contributed by atoms with Crippen LogP contribution in [0.15, 0.2) is 0 Å². The first-order valence-corrected chi connectivity index (χ1v) is 6.17. The highest BCUT2D eigenvalue weighted by Gasteiger charge is 2.13. The van der Waals surface area contributed by atoms with Gasteiger partial charge in [0.1, 0.15) is 0 Å². The van der Waals surface area contributed by atoms with E-state index in [1.165, 1.54) is 38.4 Å². The van der Waals surface area contributed by atoms with Crippen LogP contribution in [-0.2, 0) is 0 Å². The van der Waals surface area contributed by atoms with Crippen molar-refractivity contribution in [3.8, 4) is 0 Å². The summed E-state index contributed by atoms with van der Waals surface area (Å²) >= 11 is 1.95. The van der Waals surface area contributed by atoms with E-state index in [9.17, 15) is 0 Å². The Balaban J connectivity index is 2.06. The highest BCUT2D eigenvalue weighted by Crippen LogP contribution is 2.02. The van der Waals surface area contributed by atoms with E-state index < -0.39 is 0 Å². The van der Waals surface area contributed by atoms with Crippen molar-refractivity contribution >= 4 is 11.8 Å². The lowest BCUT2D eigenvalue weighted by Crippen LogP contribution is -2.49. The Morgan fingerprint density at radius 3 is 3.08 bits per heavy atom. The molecule has 2 nitrogen and oxygen atoms in total. The second-order valence-electron chi connectivity index (χ2n) is 3.50. The minimum atomic E-state index is 0.688. The van der Waals surface area contributed by atoms with Crippen LogP contribution in [0.25, 0.3) is 0 Å². The van der Waals surface area contributed by atoms with E-state index in [2.05, 4.69) is 23.4 Å². The molecule has 72 valence electrons. The zero-order valence-corrected chi connectivity index (χ0v) is 8.99.